The van der Waals surface area contributed by atoms with E-state index in [9.17, 15) is 19.0 Å². The maximum absolute atomic E-state index is 14.1. The second-order valence-corrected chi connectivity index (χ2v) is 7.36. The van der Waals surface area contributed by atoms with Gasteiger partial charge in [0.05, 0.1) is 4.47 Å². The van der Waals surface area contributed by atoms with E-state index in [0.29, 0.717) is 15.8 Å². The van der Waals surface area contributed by atoms with Gasteiger partial charge in [0, 0.05) is 30.2 Å². The molecule has 1 aliphatic heterocycles. The van der Waals surface area contributed by atoms with E-state index in [-0.39, 0.29) is 36.2 Å². The lowest BCUT2D eigenvalue weighted by Gasteiger charge is -2.36. The first-order valence-electron chi connectivity index (χ1n) is 7.70. The Morgan fingerprint density at radius 1 is 1.04 bits per heavy atom. The third kappa shape index (κ3) is 2.53. The van der Waals surface area contributed by atoms with Crippen LogP contribution in [0.2, 0.25) is 0 Å². The van der Waals surface area contributed by atoms with Crippen molar-refractivity contribution in [3.05, 3.63) is 52.0 Å². The minimum Gasteiger partial charge on any atom is -0.508 e. The van der Waals surface area contributed by atoms with E-state index in [1.54, 1.807) is 12.1 Å². The van der Waals surface area contributed by atoms with Gasteiger partial charge >= 0.3 is 0 Å². The summed E-state index contributed by atoms with van der Waals surface area (Å²) < 4.78 is 34.9. The Balaban J connectivity index is 1.83. The van der Waals surface area contributed by atoms with Gasteiger partial charge in [0.15, 0.2) is 0 Å². The first-order chi connectivity index (χ1) is 11.3. The summed E-state index contributed by atoms with van der Waals surface area (Å²) in [5, 5.41) is 19.3. The second-order valence-electron chi connectivity index (χ2n) is 6.51. The summed E-state index contributed by atoms with van der Waals surface area (Å²) in [5.41, 5.74) is 1.38. The average molecular weight is 397 g/mol. The highest BCUT2D eigenvalue weighted by atomic mass is 79.9. The van der Waals surface area contributed by atoms with Crippen LogP contribution in [0.3, 0.4) is 0 Å². The monoisotopic (exact) mass is 396 g/mol. The summed E-state index contributed by atoms with van der Waals surface area (Å²) in [6, 6.07) is 9.48. The highest BCUT2D eigenvalue weighted by Gasteiger charge is 2.53. The molecule has 1 saturated carbocycles. The van der Waals surface area contributed by atoms with Crippen LogP contribution in [0.4, 0.5) is 8.78 Å². The van der Waals surface area contributed by atoms with Crippen LogP contribution < -0.4 is 4.74 Å². The van der Waals surface area contributed by atoms with Crippen molar-refractivity contribution in [2.75, 3.05) is 0 Å². The number of aromatic hydroxyl groups is 2. The molecular weight excluding hydrogens is 382 g/mol. The number of hydrogen-bond acceptors (Lipinski definition) is 3. The van der Waals surface area contributed by atoms with Crippen molar-refractivity contribution in [1.82, 2.24) is 0 Å². The standard InChI is InChI=1S/C18H15BrF2O3/c19-15-6-11(23)5-12-13-7-18(20,21)8-14(13)16(24-17(12)15)9-1-3-10(22)4-2-9/h1-6,13-14,16,22-23H,7-8H2/t13-,14-,16-/m1/s1. The lowest BCUT2D eigenvalue weighted by Crippen LogP contribution is -2.27. The fourth-order valence-corrected chi connectivity index (χ4v) is 4.45. The van der Waals surface area contributed by atoms with Crippen LogP contribution in [0.15, 0.2) is 40.9 Å². The number of ether oxygens (including phenoxy) is 1. The highest BCUT2D eigenvalue weighted by Crippen LogP contribution is 2.59. The Kier molecular flexibility index (Phi) is 3.49. The molecular formula is C18H15BrF2O3. The first kappa shape index (κ1) is 15.7. The molecule has 0 saturated heterocycles. The smallest absolute Gasteiger partial charge is 0.249 e. The maximum atomic E-state index is 14.1. The van der Waals surface area contributed by atoms with Gasteiger partial charge < -0.3 is 14.9 Å². The zero-order chi connectivity index (χ0) is 17.1. The quantitative estimate of drug-likeness (QED) is 0.702. The Labute approximate surface area is 146 Å². The molecule has 2 aliphatic rings. The summed E-state index contributed by atoms with van der Waals surface area (Å²) in [6.07, 6.45) is -1.02. The number of hydrogen-bond donors (Lipinski definition) is 2. The third-order valence-corrected chi connectivity index (χ3v) is 5.47. The van der Waals surface area contributed by atoms with Gasteiger partial charge in [0.25, 0.3) is 0 Å². The van der Waals surface area contributed by atoms with Gasteiger partial charge in [-0.3, -0.25) is 0 Å². The van der Waals surface area contributed by atoms with Gasteiger partial charge in [-0.1, -0.05) is 12.1 Å². The molecule has 3 atom stereocenters. The van der Waals surface area contributed by atoms with Gasteiger partial charge in [0.1, 0.15) is 23.4 Å². The molecule has 3 nitrogen and oxygen atoms in total. The molecule has 0 unspecified atom stereocenters. The summed E-state index contributed by atoms with van der Waals surface area (Å²) in [4.78, 5) is 0. The number of rotatable bonds is 1. The Hall–Kier alpha value is -1.82. The molecule has 4 rings (SSSR count). The summed E-state index contributed by atoms with van der Waals surface area (Å²) in [5.74, 6) is -2.87. The van der Waals surface area contributed by atoms with Crippen LogP contribution in [0, 0.1) is 5.92 Å². The molecule has 0 amide bonds. The molecule has 0 aromatic heterocycles. The molecule has 24 heavy (non-hydrogen) atoms. The van der Waals surface area contributed by atoms with E-state index in [1.807, 2.05) is 0 Å². The molecule has 1 fully saturated rings. The van der Waals surface area contributed by atoms with Crippen LogP contribution in [0.25, 0.3) is 0 Å². The Bertz CT molecular complexity index is 792. The van der Waals surface area contributed by atoms with Gasteiger partial charge in [-0.25, -0.2) is 8.78 Å². The Morgan fingerprint density at radius 3 is 2.46 bits per heavy atom. The summed E-state index contributed by atoms with van der Waals surface area (Å²) in [7, 11) is 0. The molecule has 2 aromatic rings. The number of halogens is 3. The maximum Gasteiger partial charge on any atom is 0.249 e. The highest BCUT2D eigenvalue weighted by molar-refractivity contribution is 9.10. The van der Waals surface area contributed by atoms with Crippen LogP contribution in [0.5, 0.6) is 17.2 Å². The fourth-order valence-electron chi connectivity index (χ4n) is 3.90. The number of alkyl halides is 2. The number of fused-ring (bicyclic) bond motifs is 3. The predicted molar refractivity (Wildman–Crippen MR) is 87.7 cm³/mol. The molecule has 2 N–H and O–H groups in total. The molecule has 0 spiro atoms. The topological polar surface area (TPSA) is 49.7 Å². The first-order valence-corrected chi connectivity index (χ1v) is 8.49. The normalized spacial score (nSPS) is 27.2. The van der Waals surface area contributed by atoms with Gasteiger partial charge in [-0.2, -0.15) is 0 Å². The molecule has 2 aromatic carbocycles. The van der Waals surface area contributed by atoms with Crippen LogP contribution in [0.1, 0.15) is 36.0 Å². The largest absolute Gasteiger partial charge is 0.508 e. The van der Waals surface area contributed by atoms with Gasteiger partial charge in [-0.05, 0) is 45.8 Å². The number of phenolic OH excluding ortho intramolecular Hbond substituents is 2. The van der Waals surface area contributed by atoms with E-state index in [4.69, 9.17) is 4.74 Å². The van der Waals surface area contributed by atoms with Crippen molar-refractivity contribution in [3.8, 4) is 17.2 Å². The van der Waals surface area contributed by atoms with E-state index in [1.165, 1.54) is 24.3 Å². The van der Waals surface area contributed by atoms with Crippen molar-refractivity contribution in [3.63, 3.8) is 0 Å². The van der Waals surface area contributed by atoms with E-state index < -0.39 is 12.0 Å². The number of phenols is 2. The average Bonchev–Trinajstić information content (AvgIpc) is 2.83. The van der Waals surface area contributed by atoms with Crippen molar-refractivity contribution < 1.29 is 23.7 Å². The zero-order valence-electron chi connectivity index (χ0n) is 12.5. The van der Waals surface area contributed by atoms with Crippen LogP contribution in [-0.2, 0) is 0 Å². The van der Waals surface area contributed by atoms with Crippen molar-refractivity contribution in [2.24, 2.45) is 5.92 Å². The van der Waals surface area contributed by atoms with E-state index >= 15 is 0 Å². The molecule has 1 heterocycles. The van der Waals surface area contributed by atoms with Crippen LogP contribution >= 0.6 is 15.9 Å². The minimum absolute atomic E-state index is 0.0290. The number of benzene rings is 2. The zero-order valence-corrected chi connectivity index (χ0v) is 14.1. The van der Waals surface area contributed by atoms with Crippen molar-refractivity contribution in [1.29, 1.82) is 0 Å². The SMILES string of the molecule is Oc1ccc([C@H]2Oc3c(Br)cc(O)cc3[C@H]3CC(F)(F)C[C@H]32)cc1. The van der Waals surface area contributed by atoms with E-state index in [2.05, 4.69) is 15.9 Å². The Morgan fingerprint density at radius 2 is 1.75 bits per heavy atom. The third-order valence-electron chi connectivity index (χ3n) is 4.88. The molecule has 0 bridgehead atoms. The van der Waals surface area contributed by atoms with Crippen molar-refractivity contribution in [2.45, 2.75) is 30.8 Å². The molecule has 126 valence electrons. The molecule has 6 heteroatoms. The molecule has 1 aliphatic carbocycles. The second kappa shape index (κ2) is 5.34. The van der Waals surface area contributed by atoms with E-state index in [0.717, 1.165) is 5.56 Å². The fraction of sp³-hybridized carbons (Fsp3) is 0.333. The lowest BCUT2D eigenvalue weighted by atomic mass is 9.80. The summed E-state index contributed by atoms with van der Waals surface area (Å²) in [6.45, 7) is 0. The lowest BCUT2D eigenvalue weighted by molar-refractivity contribution is -0.00236. The van der Waals surface area contributed by atoms with Gasteiger partial charge in [0.2, 0.25) is 5.92 Å². The minimum atomic E-state index is -2.76. The van der Waals surface area contributed by atoms with Crippen LogP contribution in [-0.4, -0.2) is 16.1 Å². The summed E-state index contributed by atoms with van der Waals surface area (Å²) >= 11 is 3.36. The van der Waals surface area contributed by atoms with Gasteiger partial charge in [-0.15, -0.1) is 0 Å². The predicted octanol–water partition coefficient (Wildman–Crippen LogP) is 5.12. The van der Waals surface area contributed by atoms with Crippen molar-refractivity contribution >= 4 is 15.9 Å². The molecule has 0 radical (unpaired) electrons.